The van der Waals surface area contributed by atoms with E-state index in [4.69, 9.17) is 5.11 Å². The summed E-state index contributed by atoms with van der Waals surface area (Å²) in [6.45, 7) is 8.27. The molecule has 1 heterocycles. The molecule has 1 aliphatic heterocycles. The molecule has 13 heavy (non-hydrogen) atoms. The molecule has 74 valence electrons. The molecule has 0 aromatic heterocycles. The molecule has 0 amide bonds. The van der Waals surface area contributed by atoms with Crippen LogP contribution >= 0.6 is 0 Å². The van der Waals surface area contributed by atoms with Gasteiger partial charge in [0.25, 0.3) is 0 Å². The zero-order valence-corrected chi connectivity index (χ0v) is 8.12. The van der Waals surface area contributed by atoms with E-state index in [9.17, 15) is 4.79 Å². The molecule has 1 rings (SSSR count). The van der Waals surface area contributed by atoms with Gasteiger partial charge in [0.05, 0.1) is 0 Å². The van der Waals surface area contributed by atoms with E-state index in [0.29, 0.717) is 18.0 Å². The first-order valence-electron chi connectivity index (χ1n) is 4.73. The predicted octanol–water partition coefficient (Wildman–Crippen LogP) is 1.36. The number of aliphatic carboxylic acids is 1. The predicted molar refractivity (Wildman–Crippen MR) is 51.6 cm³/mol. The second-order valence-corrected chi connectivity index (χ2v) is 3.89. The number of carboxylic acids is 1. The molecule has 1 saturated heterocycles. The normalized spacial score (nSPS) is 24.2. The molecule has 1 N–H and O–H groups in total. The summed E-state index contributed by atoms with van der Waals surface area (Å²) < 4.78 is 0. The third-order valence-electron chi connectivity index (χ3n) is 2.46. The molecule has 1 unspecified atom stereocenters. The van der Waals surface area contributed by atoms with Crippen LogP contribution < -0.4 is 0 Å². The van der Waals surface area contributed by atoms with E-state index in [2.05, 4.69) is 18.4 Å². The highest BCUT2D eigenvalue weighted by atomic mass is 16.4. The fourth-order valence-corrected chi connectivity index (χ4v) is 1.77. The Labute approximate surface area is 79.0 Å². The second-order valence-electron chi connectivity index (χ2n) is 3.89. The van der Waals surface area contributed by atoms with E-state index in [-0.39, 0.29) is 0 Å². The summed E-state index contributed by atoms with van der Waals surface area (Å²) in [6.07, 6.45) is 2.43. The minimum Gasteiger partial charge on any atom is -0.478 e. The van der Waals surface area contributed by atoms with Crippen molar-refractivity contribution >= 4 is 5.97 Å². The highest BCUT2D eigenvalue weighted by Gasteiger charge is 2.18. The maximum atomic E-state index is 10.5. The van der Waals surface area contributed by atoms with Crippen LogP contribution in [-0.4, -0.2) is 35.6 Å². The Morgan fingerprint density at radius 2 is 2.38 bits per heavy atom. The van der Waals surface area contributed by atoms with Gasteiger partial charge in [-0.3, -0.25) is 4.90 Å². The van der Waals surface area contributed by atoms with Gasteiger partial charge in [-0.1, -0.05) is 13.5 Å². The Hall–Kier alpha value is -0.830. The lowest BCUT2D eigenvalue weighted by Gasteiger charge is -2.30. The van der Waals surface area contributed by atoms with Gasteiger partial charge in [-0.05, 0) is 25.3 Å². The van der Waals surface area contributed by atoms with Crippen molar-refractivity contribution in [3.05, 3.63) is 12.2 Å². The average molecular weight is 183 g/mol. The molecule has 3 nitrogen and oxygen atoms in total. The van der Waals surface area contributed by atoms with Crippen molar-refractivity contribution in [2.45, 2.75) is 19.8 Å². The van der Waals surface area contributed by atoms with Gasteiger partial charge >= 0.3 is 5.97 Å². The van der Waals surface area contributed by atoms with Gasteiger partial charge in [0.1, 0.15) is 0 Å². The highest BCUT2D eigenvalue weighted by molar-refractivity contribution is 5.86. The number of hydrogen-bond acceptors (Lipinski definition) is 2. The molecule has 0 spiro atoms. The minimum absolute atomic E-state index is 0.300. The summed E-state index contributed by atoms with van der Waals surface area (Å²) in [4.78, 5) is 12.7. The molecular weight excluding hydrogens is 166 g/mol. The first-order chi connectivity index (χ1) is 6.09. The van der Waals surface area contributed by atoms with Crippen molar-refractivity contribution in [2.24, 2.45) is 5.92 Å². The highest BCUT2D eigenvalue weighted by Crippen LogP contribution is 2.15. The SMILES string of the molecule is C=C(CN1CCCC(C)C1)C(=O)O. The summed E-state index contributed by atoms with van der Waals surface area (Å²) >= 11 is 0. The zero-order valence-electron chi connectivity index (χ0n) is 8.12. The lowest BCUT2D eigenvalue weighted by atomic mass is 10.00. The van der Waals surface area contributed by atoms with Crippen molar-refractivity contribution in [2.75, 3.05) is 19.6 Å². The molecule has 0 radical (unpaired) electrons. The molecule has 1 aliphatic rings. The third kappa shape index (κ3) is 3.19. The quantitative estimate of drug-likeness (QED) is 0.672. The summed E-state index contributed by atoms with van der Waals surface area (Å²) in [7, 11) is 0. The van der Waals surface area contributed by atoms with Crippen LogP contribution in [0, 0.1) is 5.92 Å². The third-order valence-corrected chi connectivity index (χ3v) is 2.46. The Morgan fingerprint density at radius 3 is 2.92 bits per heavy atom. The zero-order chi connectivity index (χ0) is 9.84. The van der Waals surface area contributed by atoms with Gasteiger partial charge in [-0.2, -0.15) is 0 Å². The number of carbonyl (C=O) groups is 1. The Bertz CT molecular complexity index is 213. The number of piperidine rings is 1. The van der Waals surface area contributed by atoms with Gasteiger partial charge in [0, 0.05) is 18.7 Å². The number of likely N-dealkylation sites (tertiary alicyclic amines) is 1. The minimum atomic E-state index is -0.877. The van der Waals surface area contributed by atoms with E-state index < -0.39 is 5.97 Å². The Kier molecular flexibility index (Phi) is 3.48. The van der Waals surface area contributed by atoms with Crippen LogP contribution in [-0.2, 0) is 4.79 Å². The van der Waals surface area contributed by atoms with Crippen LogP contribution in [0.4, 0.5) is 0 Å². The van der Waals surface area contributed by atoms with Crippen molar-refractivity contribution in [3.8, 4) is 0 Å². The van der Waals surface area contributed by atoms with E-state index in [0.717, 1.165) is 13.1 Å². The fraction of sp³-hybridized carbons (Fsp3) is 0.700. The molecule has 1 atom stereocenters. The van der Waals surface area contributed by atoms with Crippen LogP contribution in [0.2, 0.25) is 0 Å². The van der Waals surface area contributed by atoms with Gasteiger partial charge in [0.2, 0.25) is 0 Å². The van der Waals surface area contributed by atoms with Crippen LogP contribution in [0.25, 0.3) is 0 Å². The lowest BCUT2D eigenvalue weighted by molar-refractivity contribution is -0.132. The Balaban J connectivity index is 2.36. The lowest BCUT2D eigenvalue weighted by Crippen LogP contribution is -2.36. The first-order valence-corrected chi connectivity index (χ1v) is 4.73. The number of rotatable bonds is 3. The van der Waals surface area contributed by atoms with Gasteiger partial charge in [-0.25, -0.2) is 4.79 Å². The molecule has 0 aliphatic carbocycles. The van der Waals surface area contributed by atoms with Crippen LogP contribution in [0.1, 0.15) is 19.8 Å². The average Bonchev–Trinajstić information content (AvgIpc) is 2.04. The molecule has 0 bridgehead atoms. The van der Waals surface area contributed by atoms with Gasteiger partial charge in [-0.15, -0.1) is 0 Å². The largest absolute Gasteiger partial charge is 0.478 e. The topological polar surface area (TPSA) is 40.5 Å². The second kappa shape index (κ2) is 4.42. The summed E-state index contributed by atoms with van der Waals surface area (Å²) in [5.74, 6) is -0.187. The summed E-state index contributed by atoms with van der Waals surface area (Å²) in [5.41, 5.74) is 0.300. The smallest absolute Gasteiger partial charge is 0.332 e. The van der Waals surface area contributed by atoms with Crippen molar-refractivity contribution in [1.82, 2.24) is 4.90 Å². The number of hydrogen-bond donors (Lipinski definition) is 1. The van der Waals surface area contributed by atoms with Crippen LogP contribution in [0.3, 0.4) is 0 Å². The van der Waals surface area contributed by atoms with Crippen LogP contribution in [0.5, 0.6) is 0 Å². The summed E-state index contributed by atoms with van der Waals surface area (Å²) in [5, 5.41) is 8.65. The van der Waals surface area contributed by atoms with E-state index >= 15 is 0 Å². The van der Waals surface area contributed by atoms with Gasteiger partial charge in [0.15, 0.2) is 0 Å². The molecule has 0 aromatic rings. The fourth-order valence-electron chi connectivity index (χ4n) is 1.77. The Morgan fingerprint density at radius 1 is 1.69 bits per heavy atom. The monoisotopic (exact) mass is 183 g/mol. The number of carboxylic acid groups (broad SMARTS) is 1. The van der Waals surface area contributed by atoms with Crippen molar-refractivity contribution < 1.29 is 9.90 Å². The maximum absolute atomic E-state index is 10.5. The van der Waals surface area contributed by atoms with Crippen molar-refractivity contribution in [1.29, 1.82) is 0 Å². The molecule has 0 aromatic carbocycles. The molecule has 3 heteroatoms. The maximum Gasteiger partial charge on any atom is 0.332 e. The number of nitrogens with zero attached hydrogens (tertiary/aromatic N) is 1. The standard InChI is InChI=1S/C10H17NO2/c1-8-4-3-5-11(6-8)7-9(2)10(12)13/h8H,2-7H2,1H3,(H,12,13). The van der Waals surface area contributed by atoms with E-state index in [1.165, 1.54) is 12.8 Å². The molecular formula is C10H17NO2. The molecule has 1 fully saturated rings. The molecule has 0 saturated carbocycles. The summed E-state index contributed by atoms with van der Waals surface area (Å²) in [6, 6.07) is 0. The first kappa shape index (κ1) is 10.3. The van der Waals surface area contributed by atoms with Crippen molar-refractivity contribution in [3.63, 3.8) is 0 Å². The van der Waals surface area contributed by atoms with E-state index in [1.54, 1.807) is 0 Å². The van der Waals surface area contributed by atoms with Crippen LogP contribution in [0.15, 0.2) is 12.2 Å². The van der Waals surface area contributed by atoms with E-state index in [1.807, 2.05) is 0 Å². The van der Waals surface area contributed by atoms with Gasteiger partial charge < -0.3 is 5.11 Å².